The minimum absolute atomic E-state index is 0.0529. The van der Waals surface area contributed by atoms with Crippen LogP contribution in [0.25, 0.3) is 0 Å². The molecule has 0 unspecified atom stereocenters. The summed E-state index contributed by atoms with van der Waals surface area (Å²) in [6, 6.07) is 18.9. The Morgan fingerprint density at radius 2 is 1.47 bits per heavy atom. The lowest BCUT2D eigenvalue weighted by Gasteiger charge is -2.24. The van der Waals surface area contributed by atoms with Crippen molar-refractivity contribution in [2.75, 3.05) is 17.1 Å². The summed E-state index contributed by atoms with van der Waals surface area (Å²) in [7, 11) is -3.62. The number of nitrogens with one attached hydrogen (secondary N) is 1. The van der Waals surface area contributed by atoms with Crippen molar-refractivity contribution in [3.63, 3.8) is 0 Å². The predicted molar refractivity (Wildman–Crippen MR) is 131 cm³/mol. The highest BCUT2D eigenvalue weighted by Crippen LogP contribution is 2.31. The summed E-state index contributed by atoms with van der Waals surface area (Å²) in [6.07, 6.45) is 1.79. The van der Waals surface area contributed by atoms with Crippen molar-refractivity contribution in [2.24, 2.45) is 0 Å². The molecule has 0 radical (unpaired) electrons. The van der Waals surface area contributed by atoms with Crippen molar-refractivity contribution in [1.29, 1.82) is 0 Å². The van der Waals surface area contributed by atoms with Crippen LogP contribution in [0.2, 0.25) is 15.1 Å². The molecule has 1 N–H and O–H groups in total. The topological polar surface area (TPSA) is 66.5 Å². The molecular weight excluding hydrogens is 491 g/mol. The summed E-state index contributed by atoms with van der Waals surface area (Å²) >= 11 is 18.1. The van der Waals surface area contributed by atoms with Gasteiger partial charge in [0, 0.05) is 22.2 Å². The average Bonchev–Trinajstić information content (AvgIpc) is 2.75. The van der Waals surface area contributed by atoms with Gasteiger partial charge in [0.2, 0.25) is 10.0 Å². The Kier molecular flexibility index (Phi) is 8.06. The van der Waals surface area contributed by atoms with E-state index in [9.17, 15) is 13.2 Å². The van der Waals surface area contributed by atoms with Crippen LogP contribution in [0.3, 0.4) is 0 Å². The number of rotatable bonds is 8. The number of amides is 1. The summed E-state index contributed by atoms with van der Waals surface area (Å²) in [4.78, 5) is 12.4. The van der Waals surface area contributed by atoms with E-state index >= 15 is 0 Å². The van der Waals surface area contributed by atoms with Crippen LogP contribution >= 0.6 is 34.8 Å². The van der Waals surface area contributed by atoms with Crippen molar-refractivity contribution in [2.45, 2.75) is 13.0 Å². The van der Waals surface area contributed by atoms with Gasteiger partial charge in [0.1, 0.15) is 0 Å². The highest BCUT2D eigenvalue weighted by molar-refractivity contribution is 7.92. The van der Waals surface area contributed by atoms with E-state index in [0.29, 0.717) is 39.8 Å². The van der Waals surface area contributed by atoms with Gasteiger partial charge in [-0.05, 0) is 60.0 Å². The zero-order chi connectivity index (χ0) is 23.3. The molecule has 3 aromatic rings. The van der Waals surface area contributed by atoms with Crippen molar-refractivity contribution in [3.05, 3.63) is 98.5 Å². The number of anilines is 1. The first kappa shape index (κ1) is 24.4. The van der Waals surface area contributed by atoms with Gasteiger partial charge in [-0.3, -0.25) is 9.10 Å². The molecule has 0 fully saturated rings. The number of halogens is 3. The van der Waals surface area contributed by atoms with Crippen molar-refractivity contribution in [3.8, 4) is 0 Å². The molecule has 0 aromatic heterocycles. The van der Waals surface area contributed by atoms with E-state index in [1.54, 1.807) is 36.4 Å². The van der Waals surface area contributed by atoms with Crippen LogP contribution in [-0.4, -0.2) is 27.1 Å². The molecule has 0 saturated heterocycles. The Morgan fingerprint density at radius 1 is 0.875 bits per heavy atom. The standard InChI is InChI=1S/C23H21Cl3N2O3S/c1-32(30,31)28(22-14-20(25)10-11-21(22)26)15-17-2-6-18(7-3-17)23(29)27-13-12-16-4-8-19(24)9-5-16/h2-11,14H,12-13,15H2,1H3,(H,27,29). The summed E-state index contributed by atoms with van der Waals surface area (Å²) in [5.41, 5.74) is 2.55. The van der Waals surface area contributed by atoms with E-state index in [0.717, 1.165) is 11.8 Å². The molecule has 0 atom stereocenters. The maximum atomic E-state index is 12.4. The molecular formula is C23H21Cl3N2O3S. The first-order valence-electron chi connectivity index (χ1n) is 9.68. The smallest absolute Gasteiger partial charge is 0.251 e. The van der Waals surface area contributed by atoms with Crippen LogP contribution in [0.4, 0.5) is 5.69 Å². The molecule has 32 heavy (non-hydrogen) atoms. The second kappa shape index (κ2) is 10.6. The Labute approximate surface area is 203 Å². The predicted octanol–water partition coefficient (Wildman–Crippen LogP) is 5.59. The van der Waals surface area contributed by atoms with Gasteiger partial charge in [-0.15, -0.1) is 0 Å². The molecule has 0 aliphatic carbocycles. The molecule has 3 aromatic carbocycles. The third-order valence-electron chi connectivity index (χ3n) is 4.73. The number of carbonyl (C=O) groups is 1. The maximum absolute atomic E-state index is 12.4. The first-order valence-corrected chi connectivity index (χ1v) is 12.7. The SMILES string of the molecule is CS(=O)(=O)N(Cc1ccc(C(=O)NCCc2ccc(Cl)cc2)cc1)c1cc(Cl)ccc1Cl. The second-order valence-corrected chi connectivity index (χ2v) is 10.4. The average molecular weight is 512 g/mol. The van der Waals surface area contributed by atoms with E-state index in [1.807, 2.05) is 24.3 Å². The largest absolute Gasteiger partial charge is 0.352 e. The number of hydrogen-bond acceptors (Lipinski definition) is 3. The number of carbonyl (C=O) groups excluding carboxylic acids is 1. The summed E-state index contributed by atoms with van der Waals surface area (Å²) in [6.45, 7) is 0.536. The highest BCUT2D eigenvalue weighted by Gasteiger charge is 2.21. The first-order chi connectivity index (χ1) is 15.1. The number of sulfonamides is 1. The van der Waals surface area contributed by atoms with E-state index in [-0.39, 0.29) is 17.5 Å². The van der Waals surface area contributed by atoms with E-state index in [4.69, 9.17) is 34.8 Å². The van der Waals surface area contributed by atoms with Crippen LogP contribution in [0, 0.1) is 0 Å². The molecule has 0 bridgehead atoms. The van der Waals surface area contributed by atoms with Crippen LogP contribution < -0.4 is 9.62 Å². The monoisotopic (exact) mass is 510 g/mol. The van der Waals surface area contributed by atoms with Crippen molar-refractivity contribution in [1.82, 2.24) is 5.32 Å². The fourth-order valence-electron chi connectivity index (χ4n) is 3.06. The normalized spacial score (nSPS) is 11.2. The van der Waals surface area contributed by atoms with Gasteiger partial charge < -0.3 is 5.32 Å². The van der Waals surface area contributed by atoms with E-state index < -0.39 is 10.0 Å². The Balaban J connectivity index is 1.66. The molecule has 9 heteroatoms. The summed E-state index contributed by atoms with van der Waals surface area (Å²) in [5, 5.41) is 4.20. The molecule has 0 aliphatic heterocycles. The quantitative estimate of drug-likeness (QED) is 0.429. The second-order valence-electron chi connectivity index (χ2n) is 7.19. The molecule has 0 heterocycles. The minimum atomic E-state index is -3.62. The van der Waals surface area contributed by atoms with Gasteiger partial charge in [0.15, 0.2) is 0 Å². The van der Waals surface area contributed by atoms with Crippen molar-refractivity contribution < 1.29 is 13.2 Å². The number of hydrogen-bond donors (Lipinski definition) is 1. The lowest BCUT2D eigenvalue weighted by Crippen LogP contribution is -2.29. The Bertz CT molecular complexity index is 1200. The van der Waals surface area contributed by atoms with E-state index in [2.05, 4.69) is 5.32 Å². The molecule has 0 spiro atoms. The molecule has 1 amide bonds. The van der Waals surface area contributed by atoms with Gasteiger partial charge in [-0.1, -0.05) is 59.1 Å². The van der Waals surface area contributed by atoms with Gasteiger partial charge in [-0.2, -0.15) is 0 Å². The molecule has 168 valence electrons. The lowest BCUT2D eigenvalue weighted by atomic mass is 10.1. The third kappa shape index (κ3) is 6.62. The third-order valence-corrected chi connectivity index (χ3v) is 6.67. The van der Waals surface area contributed by atoms with Gasteiger partial charge >= 0.3 is 0 Å². The van der Waals surface area contributed by atoms with Crippen LogP contribution in [0.1, 0.15) is 21.5 Å². The van der Waals surface area contributed by atoms with Gasteiger partial charge in [0.05, 0.1) is 23.5 Å². The lowest BCUT2D eigenvalue weighted by molar-refractivity contribution is 0.0954. The highest BCUT2D eigenvalue weighted by atomic mass is 35.5. The molecule has 0 aliphatic rings. The van der Waals surface area contributed by atoms with Crippen molar-refractivity contribution >= 4 is 56.4 Å². The summed E-state index contributed by atoms with van der Waals surface area (Å²) in [5.74, 6) is -0.205. The van der Waals surface area contributed by atoms with Crippen LogP contribution in [0.15, 0.2) is 66.7 Å². The Morgan fingerprint density at radius 3 is 2.09 bits per heavy atom. The minimum Gasteiger partial charge on any atom is -0.352 e. The maximum Gasteiger partial charge on any atom is 0.251 e. The zero-order valence-corrected chi connectivity index (χ0v) is 20.3. The molecule has 5 nitrogen and oxygen atoms in total. The molecule has 0 saturated carbocycles. The van der Waals surface area contributed by atoms with Crippen LogP contribution in [0.5, 0.6) is 0 Å². The number of nitrogens with zero attached hydrogens (tertiary/aromatic N) is 1. The summed E-state index contributed by atoms with van der Waals surface area (Å²) < 4.78 is 25.9. The fourth-order valence-corrected chi connectivity index (χ4v) is 4.51. The Hall–Kier alpha value is -2.25. The fraction of sp³-hybridized carbons (Fsp3) is 0.174. The zero-order valence-electron chi connectivity index (χ0n) is 17.2. The number of benzene rings is 3. The van der Waals surface area contributed by atoms with Crippen LogP contribution in [-0.2, 0) is 23.0 Å². The van der Waals surface area contributed by atoms with E-state index in [1.165, 1.54) is 10.4 Å². The van der Waals surface area contributed by atoms with Gasteiger partial charge in [0.25, 0.3) is 5.91 Å². The van der Waals surface area contributed by atoms with Gasteiger partial charge in [-0.25, -0.2) is 8.42 Å². The molecule has 3 rings (SSSR count).